The van der Waals surface area contributed by atoms with Crippen molar-refractivity contribution in [1.29, 1.82) is 5.26 Å². The van der Waals surface area contributed by atoms with Gasteiger partial charge in [0, 0.05) is 5.39 Å². The van der Waals surface area contributed by atoms with E-state index in [1.165, 1.54) is 0 Å². The van der Waals surface area contributed by atoms with Crippen LogP contribution in [-0.4, -0.2) is 16.6 Å². The Labute approximate surface area is 157 Å². The second-order valence-electron chi connectivity index (χ2n) is 6.41. The van der Waals surface area contributed by atoms with E-state index in [1.807, 2.05) is 74.5 Å². The molecular formula is C23H19N3O. The van der Waals surface area contributed by atoms with E-state index in [1.54, 1.807) is 0 Å². The van der Waals surface area contributed by atoms with Gasteiger partial charge in [0.1, 0.15) is 17.6 Å². The molecule has 0 saturated heterocycles. The molecule has 0 aliphatic carbocycles. The van der Waals surface area contributed by atoms with E-state index in [-0.39, 0.29) is 0 Å². The third-order valence-electron chi connectivity index (χ3n) is 4.53. The van der Waals surface area contributed by atoms with Gasteiger partial charge >= 0.3 is 0 Å². The minimum atomic E-state index is 0.498. The Balaban J connectivity index is 1.85. The van der Waals surface area contributed by atoms with Gasteiger partial charge in [0.25, 0.3) is 0 Å². The van der Waals surface area contributed by atoms with Crippen LogP contribution in [0.1, 0.15) is 23.9 Å². The first-order valence-electron chi connectivity index (χ1n) is 8.92. The van der Waals surface area contributed by atoms with Crippen molar-refractivity contribution >= 4 is 33.5 Å². The molecule has 0 spiro atoms. The van der Waals surface area contributed by atoms with E-state index in [0.717, 1.165) is 38.7 Å². The maximum absolute atomic E-state index is 9.73. The van der Waals surface area contributed by atoms with Gasteiger partial charge in [-0.25, -0.2) is 4.98 Å². The van der Waals surface area contributed by atoms with Gasteiger partial charge in [-0.15, -0.1) is 0 Å². The Morgan fingerprint density at radius 3 is 2.74 bits per heavy atom. The minimum Gasteiger partial charge on any atom is -0.493 e. The molecule has 0 amide bonds. The normalized spacial score (nSPS) is 11.7. The molecule has 132 valence electrons. The predicted octanol–water partition coefficient (Wildman–Crippen LogP) is 5.49. The van der Waals surface area contributed by atoms with Crippen molar-refractivity contribution in [2.24, 2.45) is 0 Å². The maximum atomic E-state index is 9.73. The van der Waals surface area contributed by atoms with Crippen LogP contribution < -0.4 is 4.74 Å². The zero-order chi connectivity index (χ0) is 18.8. The number of nitrogens with zero attached hydrogens (tertiary/aromatic N) is 2. The number of aromatic nitrogens is 2. The summed E-state index contributed by atoms with van der Waals surface area (Å²) in [6, 6.07) is 20.3. The molecule has 0 unspecified atom stereocenters. The summed E-state index contributed by atoms with van der Waals surface area (Å²) in [6.07, 6.45) is 1.88. The molecular weight excluding hydrogens is 334 g/mol. The van der Waals surface area contributed by atoms with Crippen molar-refractivity contribution in [1.82, 2.24) is 9.97 Å². The first kappa shape index (κ1) is 16.9. The van der Waals surface area contributed by atoms with E-state index >= 15 is 0 Å². The van der Waals surface area contributed by atoms with Gasteiger partial charge in [-0.2, -0.15) is 5.26 Å². The summed E-state index contributed by atoms with van der Waals surface area (Å²) in [4.78, 5) is 7.84. The molecule has 27 heavy (non-hydrogen) atoms. The van der Waals surface area contributed by atoms with Crippen molar-refractivity contribution in [3.63, 3.8) is 0 Å². The molecule has 0 aliphatic heterocycles. The Morgan fingerprint density at radius 2 is 1.96 bits per heavy atom. The molecule has 1 aromatic heterocycles. The van der Waals surface area contributed by atoms with Gasteiger partial charge in [0.15, 0.2) is 0 Å². The van der Waals surface area contributed by atoms with E-state index in [9.17, 15) is 5.26 Å². The number of nitrogens with one attached hydrogen (secondary N) is 1. The average Bonchev–Trinajstić information content (AvgIpc) is 3.10. The number of aryl methyl sites for hydroxylation is 1. The number of rotatable bonds is 4. The van der Waals surface area contributed by atoms with Gasteiger partial charge in [-0.05, 0) is 54.6 Å². The van der Waals surface area contributed by atoms with E-state index in [4.69, 9.17) is 4.74 Å². The van der Waals surface area contributed by atoms with Crippen molar-refractivity contribution in [3.05, 3.63) is 71.5 Å². The number of hydrogen-bond donors (Lipinski definition) is 1. The van der Waals surface area contributed by atoms with E-state index < -0.39 is 0 Å². The van der Waals surface area contributed by atoms with Crippen LogP contribution in [0.2, 0.25) is 0 Å². The summed E-state index contributed by atoms with van der Waals surface area (Å²) in [7, 11) is 0. The SMILES string of the molecule is CCOc1ccc(/C=C(/C#N)c2nc3ccc(C)cc3[nH]2)c2ccccc12. The monoisotopic (exact) mass is 353 g/mol. The molecule has 0 atom stereocenters. The fourth-order valence-corrected chi connectivity index (χ4v) is 3.26. The minimum absolute atomic E-state index is 0.498. The van der Waals surface area contributed by atoms with Crippen LogP contribution >= 0.6 is 0 Å². The van der Waals surface area contributed by atoms with E-state index in [2.05, 4.69) is 16.0 Å². The highest BCUT2D eigenvalue weighted by Gasteiger charge is 2.10. The largest absolute Gasteiger partial charge is 0.493 e. The average molecular weight is 353 g/mol. The van der Waals surface area contributed by atoms with Crippen molar-refractivity contribution in [2.45, 2.75) is 13.8 Å². The molecule has 3 aromatic carbocycles. The van der Waals surface area contributed by atoms with Crippen LogP contribution in [-0.2, 0) is 0 Å². The number of allylic oxidation sites excluding steroid dienone is 1. The van der Waals surface area contributed by atoms with Crippen LogP contribution in [0.15, 0.2) is 54.6 Å². The van der Waals surface area contributed by atoms with Crippen molar-refractivity contribution < 1.29 is 4.74 Å². The lowest BCUT2D eigenvalue weighted by atomic mass is 10.0. The Bertz CT molecular complexity index is 1210. The molecule has 4 nitrogen and oxygen atoms in total. The molecule has 1 heterocycles. The molecule has 0 aliphatic rings. The maximum Gasteiger partial charge on any atom is 0.149 e. The van der Waals surface area contributed by atoms with Crippen LogP contribution in [0.3, 0.4) is 0 Å². The van der Waals surface area contributed by atoms with E-state index in [0.29, 0.717) is 18.0 Å². The third kappa shape index (κ3) is 3.16. The lowest BCUT2D eigenvalue weighted by Crippen LogP contribution is -1.93. The predicted molar refractivity (Wildman–Crippen MR) is 109 cm³/mol. The second kappa shape index (κ2) is 6.97. The number of aromatic amines is 1. The Kier molecular flexibility index (Phi) is 4.35. The second-order valence-corrected chi connectivity index (χ2v) is 6.41. The number of nitriles is 1. The summed E-state index contributed by atoms with van der Waals surface area (Å²) >= 11 is 0. The first-order valence-corrected chi connectivity index (χ1v) is 8.92. The number of ether oxygens (including phenoxy) is 1. The molecule has 1 N–H and O–H groups in total. The standard InChI is InChI=1S/C23H19N3O/c1-3-27-22-11-9-16(18-6-4-5-7-19(18)22)13-17(14-24)23-25-20-10-8-15(2)12-21(20)26-23/h4-13H,3H2,1-2H3,(H,25,26)/b17-13-. The summed E-state index contributed by atoms with van der Waals surface area (Å²) in [5, 5.41) is 11.8. The highest BCUT2D eigenvalue weighted by Crippen LogP contribution is 2.31. The molecule has 0 saturated carbocycles. The lowest BCUT2D eigenvalue weighted by molar-refractivity contribution is 0.344. The van der Waals surface area contributed by atoms with Gasteiger partial charge in [-0.3, -0.25) is 0 Å². The topological polar surface area (TPSA) is 61.7 Å². The summed E-state index contributed by atoms with van der Waals surface area (Å²) in [5.74, 6) is 1.43. The Morgan fingerprint density at radius 1 is 1.15 bits per heavy atom. The number of H-pyrrole nitrogens is 1. The molecule has 0 fully saturated rings. The van der Waals surface area contributed by atoms with Crippen molar-refractivity contribution in [2.75, 3.05) is 6.61 Å². The zero-order valence-corrected chi connectivity index (χ0v) is 15.3. The van der Waals surface area contributed by atoms with Crippen molar-refractivity contribution in [3.8, 4) is 11.8 Å². The Hall–Kier alpha value is -3.58. The highest BCUT2D eigenvalue weighted by molar-refractivity contribution is 6.00. The van der Waals surface area contributed by atoms with Gasteiger partial charge in [0.2, 0.25) is 0 Å². The highest BCUT2D eigenvalue weighted by atomic mass is 16.5. The van der Waals surface area contributed by atoms with Gasteiger partial charge in [0.05, 0.1) is 23.2 Å². The molecule has 0 bridgehead atoms. The van der Waals surface area contributed by atoms with Crippen LogP contribution in [0.5, 0.6) is 5.75 Å². The summed E-state index contributed by atoms with van der Waals surface area (Å²) in [5.41, 5.74) is 4.40. The van der Waals surface area contributed by atoms with Gasteiger partial charge in [-0.1, -0.05) is 36.4 Å². The first-order chi connectivity index (χ1) is 13.2. The smallest absolute Gasteiger partial charge is 0.149 e. The third-order valence-corrected chi connectivity index (χ3v) is 4.53. The fraction of sp³-hybridized carbons (Fsp3) is 0.130. The fourth-order valence-electron chi connectivity index (χ4n) is 3.26. The molecule has 0 radical (unpaired) electrons. The summed E-state index contributed by atoms with van der Waals surface area (Å²) < 4.78 is 5.74. The van der Waals surface area contributed by atoms with Crippen LogP contribution in [0.25, 0.3) is 33.5 Å². The van der Waals surface area contributed by atoms with Crippen LogP contribution in [0, 0.1) is 18.3 Å². The molecule has 4 rings (SSSR count). The van der Waals surface area contributed by atoms with Gasteiger partial charge < -0.3 is 9.72 Å². The quantitative estimate of drug-likeness (QED) is 0.494. The zero-order valence-electron chi connectivity index (χ0n) is 15.3. The number of hydrogen-bond acceptors (Lipinski definition) is 3. The van der Waals surface area contributed by atoms with Crippen LogP contribution in [0.4, 0.5) is 0 Å². The summed E-state index contributed by atoms with van der Waals surface area (Å²) in [6.45, 7) is 4.62. The molecule has 4 aromatic rings. The molecule has 4 heteroatoms. The number of fused-ring (bicyclic) bond motifs is 2. The number of imidazole rings is 1. The lowest BCUT2D eigenvalue weighted by Gasteiger charge is -2.09. The number of benzene rings is 3.